The summed E-state index contributed by atoms with van der Waals surface area (Å²) in [5.74, 6) is -2.05. The first-order valence-corrected chi connectivity index (χ1v) is 8.82. The van der Waals surface area contributed by atoms with Crippen LogP contribution in [0.5, 0.6) is 0 Å². The molecule has 1 aromatic heterocycles. The number of hydrogen-bond donors (Lipinski definition) is 2. The number of rotatable bonds is 2. The number of anilines is 1. The molecule has 1 aromatic rings. The molecule has 9 nitrogen and oxygen atoms in total. The fourth-order valence-corrected chi connectivity index (χ4v) is 3.96. The lowest BCUT2D eigenvalue weighted by molar-refractivity contribution is -0.122. The van der Waals surface area contributed by atoms with Crippen LogP contribution < -0.4 is 10.1 Å². The van der Waals surface area contributed by atoms with Crippen molar-refractivity contribution in [2.75, 3.05) is 12.5 Å². The Morgan fingerprint density at radius 2 is 2.05 bits per heavy atom. The van der Waals surface area contributed by atoms with Crippen molar-refractivity contribution < 1.29 is 18.0 Å². The van der Waals surface area contributed by atoms with E-state index in [0.29, 0.717) is 9.44 Å². The van der Waals surface area contributed by atoms with Gasteiger partial charge in [-0.15, -0.1) is 11.3 Å². The highest BCUT2D eigenvalue weighted by atomic mass is 32.2. The summed E-state index contributed by atoms with van der Waals surface area (Å²) in [7, 11) is -3.06. The number of fused-ring (bicyclic) bond motifs is 1. The molecule has 2 N–H and O–H groups in total. The van der Waals surface area contributed by atoms with Crippen molar-refractivity contribution in [1.82, 2.24) is 14.0 Å². The lowest BCUT2D eigenvalue weighted by Crippen LogP contribution is -2.57. The van der Waals surface area contributed by atoms with Crippen molar-refractivity contribution in [2.24, 2.45) is 5.10 Å². The third-order valence-electron chi connectivity index (χ3n) is 3.39. The minimum absolute atomic E-state index is 0.432. The lowest BCUT2D eigenvalue weighted by atomic mass is 10.0. The number of amides is 2. The molecule has 0 radical (unpaired) electrons. The molecule has 2 amide bonds. The van der Waals surface area contributed by atoms with Gasteiger partial charge in [0, 0.05) is 11.9 Å². The largest absolute Gasteiger partial charge is 0.328 e. The zero-order valence-corrected chi connectivity index (χ0v) is 13.3. The molecule has 3 rings (SSSR count). The van der Waals surface area contributed by atoms with E-state index in [2.05, 4.69) is 15.5 Å². The summed E-state index contributed by atoms with van der Waals surface area (Å²) in [5.41, 5.74) is 3.06. The molecule has 1 fully saturated rings. The molecule has 22 heavy (non-hydrogen) atoms. The predicted molar refractivity (Wildman–Crippen MR) is 79.6 cm³/mol. The van der Waals surface area contributed by atoms with E-state index in [0.717, 1.165) is 38.4 Å². The summed E-state index contributed by atoms with van der Waals surface area (Å²) in [6, 6.07) is 0. The van der Waals surface area contributed by atoms with Gasteiger partial charge < -0.3 is 0 Å². The molecule has 118 valence electrons. The number of carbonyl (C=O) groups is 2. The summed E-state index contributed by atoms with van der Waals surface area (Å²) < 4.78 is 25.0. The van der Waals surface area contributed by atoms with Crippen LogP contribution in [0.3, 0.4) is 0 Å². The van der Waals surface area contributed by atoms with Crippen molar-refractivity contribution in [3.8, 4) is 0 Å². The van der Waals surface area contributed by atoms with Gasteiger partial charge in [-0.05, 0) is 25.7 Å². The maximum Gasteiger partial charge on any atom is 0.328 e. The average molecular weight is 343 g/mol. The van der Waals surface area contributed by atoms with Crippen LogP contribution in [-0.4, -0.2) is 42.3 Å². The molecule has 2 aliphatic rings. The molecular formula is C11H13N5O4S2. The molecule has 1 aliphatic carbocycles. The normalized spacial score (nSPS) is 22.4. The van der Waals surface area contributed by atoms with Gasteiger partial charge in [0.1, 0.15) is 0 Å². The molecule has 0 bridgehead atoms. The van der Waals surface area contributed by atoms with Gasteiger partial charge in [0.25, 0.3) is 11.8 Å². The summed E-state index contributed by atoms with van der Waals surface area (Å²) in [6.45, 7) is 0. The van der Waals surface area contributed by atoms with Gasteiger partial charge >= 0.3 is 10.2 Å². The zero-order valence-electron chi connectivity index (χ0n) is 11.6. The van der Waals surface area contributed by atoms with Crippen LogP contribution >= 0.6 is 11.3 Å². The van der Waals surface area contributed by atoms with Crippen molar-refractivity contribution in [1.29, 1.82) is 0 Å². The number of nitrogens with zero attached hydrogens (tertiary/aromatic N) is 3. The van der Waals surface area contributed by atoms with Crippen LogP contribution in [0.15, 0.2) is 5.10 Å². The van der Waals surface area contributed by atoms with Crippen LogP contribution in [0.2, 0.25) is 0 Å². The van der Waals surface area contributed by atoms with E-state index in [1.165, 1.54) is 16.2 Å². The van der Waals surface area contributed by atoms with Crippen molar-refractivity contribution in [3.05, 3.63) is 10.6 Å². The van der Waals surface area contributed by atoms with Crippen LogP contribution in [0, 0.1) is 0 Å². The van der Waals surface area contributed by atoms with E-state index in [1.54, 1.807) is 4.72 Å². The number of nitrogens with one attached hydrogen (secondary N) is 2. The molecule has 0 unspecified atom stereocenters. The van der Waals surface area contributed by atoms with Gasteiger partial charge in [0.05, 0.1) is 5.69 Å². The Morgan fingerprint density at radius 1 is 1.32 bits per heavy atom. The number of hydrazone groups is 1. The second-order valence-corrected chi connectivity index (χ2v) is 7.66. The van der Waals surface area contributed by atoms with E-state index in [9.17, 15) is 18.0 Å². The fraction of sp³-hybridized carbons (Fsp3) is 0.455. The van der Waals surface area contributed by atoms with Crippen LogP contribution in [0.25, 0.3) is 0 Å². The van der Waals surface area contributed by atoms with Gasteiger partial charge in [-0.3, -0.25) is 15.0 Å². The Bertz CT molecular complexity index is 759. The first-order valence-electron chi connectivity index (χ1n) is 6.56. The van der Waals surface area contributed by atoms with Crippen LogP contribution in [0.4, 0.5) is 5.13 Å². The van der Waals surface area contributed by atoms with E-state index in [-0.39, 0.29) is 0 Å². The molecule has 0 atom stereocenters. The molecule has 0 aromatic carbocycles. The van der Waals surface area contributed by atoms with E-state index in [1.807, 2.05) is 0 Å². The van der Waals surface area contributed by atoms with Crippen molar-refractivity contribution >= 4 is 44.2 Å². The highest BCUT2D eigenvalue weighted by Gasteiger charge is 2.39. The standard InChI is InChI=1S/C11H13N5O4S2/c1-16-10(18)8(9(17)15-22(16,19)20)13-14-11-12-6-4-2-3-5-7(6)21-11/h2-5H2,1H3,(H,12,14)(H,15,17). The molecule has 0 spiro atoms. The van der Waals surface area contributed by atoms with Gasteiger partial charge in [-0.2, -0.15) is 13.5 Å². The number of hydrogen-bond acceptors (Lipinski definition) is 8. The fourth-order valence-electron chi connectivity index (χ4n) is 2.19. The third-order valence-corrected chi connectivity index (χ3v) is 5.79. The number of aromatic nitrogens is 1. The number of aryl methyl sites for hydroxylation is 2. The smallest absolute Gasteiger partial charge is 0.266 e. The Morgan fingerprint density at radius 3 is 2.77 bits per heavy atom. The highest BCUT2D eigenvalue weighted by molar-refractivity contribution is 7.88. The number of carbonyl (C=O) groups excluding carboxylic acids is 2. The first-order chi connectivity index (χ1) is 10.4. The summed E-state index contributed by atoms with van der Waals surface area (Å²) >= 11 is 1.42. The van der Waals surface area contributed by atoms with Crippen molar-refractivity contribution in [3.63, 3.8) is 0 Å². The van der Waals surface area contributed by atoms with Crippen LogP contribution in [-0.2, 0) is 32.6 Å². The molecular weight excluding hydrogens is 330 g/mol. The van der Waals surface area contributed by atoms with Gasteiger partial charge in [0.15, 0.2) is 0 Å². The maximum atomic E-state index is 11.9. The topological polar surface area (TPSA) is 121 Å². The monoisotopic (exact) mass is 343 g/mol. The van der Waals surface area contributed by atoms with Crippen LogP contribution in [0.1, 0.15) is 23.4 Å². The minimum atomic E-state index is -4.12. The Hall–Kier alpha value is -2.01. The second kappa shape index (κ2) is 5.32. The Labute approximate surface area is 130 Å². The molecule has 2 heterocycles. The zero-order chi connectivity index (χ0) is 15.9. The van der Waals surface area contributed by atoms with E-state index < -0.39 is 27.7 Å². The predicted octanol–water partition coefficient (Wildman–Crippen LogP) is -0.377. The van der Waals surface area contributed by atoms with E-state index in [4.69, 9.17) is 0 Å². The highest BCUT2D eigenvalue weighted by Crippen LogP contribution is 2.29. The minimum Gasteiger partial charge on any atom is -0.266 e. The summed E-state index contributed by atoms with van der Waals surface area (Å²) in [6.07, 6.45) is 4.08. The Balaban J connectivity index is 1.81. The summed E-state index contributed by atoms with van der Waals surface area (Å²) in [4.78, 5) is 29.1. The average Bonchev–Trinajstić information content (AvgIpc) is 2.87. The third kappa shape index (κ3) is 2.57. The maximum absolute atomic E-state index is 11.9. The lowest BCUT2D eigenvalue weighted by Gasteiger charge is -2.22. The first kappa shape index (κ1) is 14.9. The molecule has 1 saturated heterocycles. The van der Waals surface area contributed by atoms with Crippen molar-refractivity contribution in [2.45, 2.75) is 25.7 Å². The SMILES string of the molecule is CN1C(=O)C(=NNc2nc3c(s2)CCCC3)C(=O)NS1(=O)=O. The van der Waals surface area contributed by atoms with E-state index >= 15 is 0 Å². The summed E-state index contributed by atoms with van der Waals surface area (Å²) in [5, 5.41) is 4.20. The van der Waals surface area contributed by atoms with Gasteiger partial charge in [-0.1, -0.05) is 0 Å². The Kier molecular flexibility index (Phi) is 3.60. The second-order valence-electron chi connectivity index (χ2n) is 4.88. The van der Waals surface area contributed by atoms with Gasteiger partial charge in [0.2, 0.25) is 10.8 Å². The number of thiazole rings is 1. The quantitative estimate of drug-likeness (QED) is 0.706. The van der Waals surface area contributed by atoms with Gasteiger partial charge in [-0.25, -0.2) is 14.0 Å². The molecule has 1 aliphatic heterocycles. The molecule has 11 heteroatoms. The molecule has 0 saturated carbocycles.